The minimum absolute atomic E-state index is 0. The molecule has 0 bridgehead atoms. The maximum atomic E-state index is 10.1. The zero-order valence-corrected chi connectivity index (χ0v) is 5.75. The molecular weight excluding hydrogens is 130 g/mol. The summed E-state index contributed by atoms with van der Waals surface area (Å²) in [6, 6.07) is 0. The van der Waals surface area contributed by atoms with Gasteiger partial charge in [0.15, 0.2) is 0 Å². The monoisotopic (exact) mass is 139 g/mol. The molecule has 50 valence electrons. The van der Waals surface area contributed by atoms with Crippen LogP contribution in [0.4, 0.5) is 4.79 Å². The third-order valence-corrected chi connectivity index (χ3v) is 0.480. The molecule has 0 rings (SSSR count). The predicted octanol–water partition coefficient (Wildman–Crippen LogP) is 0.784. The number of hydrogen-bond acceptors (Lipinski definition) is 2. The lowest BCUT2D eigenvalue weighted by Gasteiger charge is -1.95. The van der Waals surface area contributed by atoms with Gasteiger partial charge in [-0.25, -0.2) is 4.79 Å². The zero-order valence-electron chi connectivity index (χ0n) is 4.93. The molecular formula is C4H10ClNO2. The number of nitrogens with one attached hydrogen (secondary N) is 1. The van der Waals surface area contributed by atoms with Crippen molar-refractivity contribution >= 4 is 18.5 Å². The van der Waals surface area contributed by atoms with E-state index in [0.717, 1.165) is 0 Å². The molecule has 0 aromatic carbocycles. The van der Waals surface area contributed by atoms with Gasteiger partial charge in [-0.2, -0.15) is 0 Å². The van der Waals surface area contributed by atoms with E-state index >= 15 is 0 Å². The molecule has 4 heteroatoms. The van der Waals surface area contributed by atoms with Crippen molar-refractivity contribution < 1.29 is 9.53 Å². The first-order valence-corrected chi connectivity index (χ1v) is 2.15. The summed E-state index contributed by atoms with van der Waals surface area (Å²) in [7, 11) is 1.53. The summed E-state index contributed by atoms with van der Waals surface area (Å²) in [4.78, 5) is 10.1. The van der Waals surface area contributed by atoms with Crippen LogP contribution in [0, 0.1) is 0 Å². The van der Waals surface area contributed by atoms with E-state index in [0.29, 0.717) is 6.61 Å². The summed E-state index contributed by atoms with van der Waals surface area (Å²) in [5.41, 5.74) is 0. The van der Waals surface area contributed by atoms with Crippen LogP contribution in [0.1, 0.15) is 6.92 Å². The summed E-state index contributed by atoms with van der Waals surface area (Å²) in [5, 5.41) is 2.30. The zero-order chi connectivity index (χ0) is 5.70. The Bertz CT molecular complexity index is 67.1. The highest BCUT2D eigenvalue weighted by molar-refractivity contribution is 5.85. The van der Waals surface area contributed by atoms with Crippen molar-refractivity contribution in [1.82, 2.24) is 5.32 Å². The largest absolute Gasteiger partial charge is 0.450 e. The van der Waals surface area contributed by atoms with Gasteiger partial charge in [0.1, 0.15) is 0 Å². The molecule has 0 atom stereocenters. The van der Waals surface area contributed by atoms with Crippen LogP contribution in [0.2, 0.25) is 0 Å². The number of amides is 1. The lowest BCUT2D eigenvalue weighted by molar-refractivity contribution is 0.154. The number of hydrogen-bond donors (Lipinski definition) is 1. The Morgan fingerprint density at radius 2 is 2.25 bits per heavy atom. The van der Waals surface area contributed by atoms with Gasteiger partial charge in [0.25, 0.3) is 0 Å². The minimum Gasteiger partial charge on any atom is -0.450 e. The lowest BCUT2D eigenvalue weighted by atomic mass is 10.9. The van der Waals surface area contributed by atoms with E-state index < -0.39 is 0 Å². The van der Waals surface area contributed by atoms with Crippen LogP contribution in [0.25, 0.3) is 0 Å². The normalized spacial score (nSPS) is 6.75. The van der Waals surface area contributed by atoms with Crippen LogP contribution in [0.5, 0.6) is 0 Å². The Hall–Kier alpha value is -0.440. The lowest BCUT2D eigenvalue weighted by Crippen LogP contribution is -2.18. The van der Waals surface area contributed by atoms with Crippen molar-refractivity contribution in [1.29, 1.82) is 0 Å². The second-order valence-electron chi connectivity index (χ2n) is 0.970. The third kappa shape index (κ3) is 5.56. The van der Waals surface area contributed by atoms with E-state index in [9.17, 15) is 4.79 Å². The van der Waals surface area contributed by atoms with Crippen LogP contribution in [-0.4, -0.2) is 19.7 Å². The van der Waals surface area contributed by atoms with E-state index in [4.69, 9.17) is 0 Å². The Kier molecular flexibility index (Phi) is 8.63. The van der Waals surface area contributed by atoms with Crippen LogP contribution >= 0.6 is 12.4 Å². The fourth-order valence-electron chi connectivity index (χ4n) is 0.203. The van der Waals surface area contributed by atoms with Crippen LogP contribution in [0.3, 0.4) is 0 Å². The molecule has 1 N–H and O–H groups in total. The molecule has 0 aliphatic heterocycles. The van der Waals surface area contributed by atoms with E-state index in [1.807, 2.05) is 0 Å². The smallest absolute Gasteiger partial charge is 0.406 e. The first-order chi connectivity index (χ1) is 3.31. The molecule has 8 heavy (non-hydrogen) atoms. The number of carbonyl (C=O) groups excluding carboxylic acids is 1. The Morgan fingerprint density at radius 1 is 1.75 bits per heavy atom. The van der Waals surface area contributed by atoms with Crippen molar-refractivity contribution in [2.45, 2.75) is 6.92 Å². The fourth-order valence-corrected chi connectivity index (χ4v) is 0.203. The standard InChI is InChI=1S/C4H9NO2.ClH/c1-3-7-4(6)5-2;/h3H2,1-2H3,(H,5,6);1H. The Morgan fingerprint density at radius 3 is 2.38 bits per heavy atom. The highest BCUT2D eigenvalue weighted by Crippen LogP contribution is 1.70. The Labute approximate surface area is 54.8 Å². The molecule has 1 amide bonds. The van der Waals surface area contributed by atoms with Crippen molar-refractivity contribution in [2.75, 3.05) is 13.7 Å². The first kappa shape index (κ1) is 10.5. The van der Waals surface area contributed by atoms with Crippen LogP contribution in [0.15, 0.2) is 0 Å². The highest BCUT2D eigenvalue weighted by Gasteiger charge is 1.89. The van der Waals surface area contributed by atoms with Gasteiger partial charge in [0, 0.05) is 7.05 Å². The molecule has 0 aliphatic carbocycles. The van der Waals surface area contributed by atoms with Gasteiger partial charge in [-0.15, -0.1) is 12.4 Å². The summed E-state index contributed by atoms with van der Waals surface area (Å²) in [5.74, 6) is 0. The molecule has 0 spiro atoms. The third-order valence-electron chi connectivity index (χ3n) is 0.480. The molecule has 0 saturated heterocycles. The highest BCUT2D eigenvalue weighted by atomic mass is 35.5. The van der Waals surface area contributed by atoms with Crippen LogP contribution < -0.4 is 5.32 Å². The van der Waals surface area contributed by atoms with Gasteiger partial charge in [-0.1, -0.05) is 0 Å². The van der Waals surface area contributed by atoms with Gasteiger partial charge < -0.3 is 10.1 Å². The number of rotatable bonds is 1. The summed E-state index contributed by atoms with van der Waals surface area (Å²) >= 11 is 0. The van der Waals surface area contributed by atoms with E-state index in [-0.39, 0.29) is 18.5 Å². The second kappa shape index (κ2) is 6.56. The quantitative estimate of drug-likeness (QED) is 0.583. The van der Waals surface area contributed by atoms with Gasteiger partial charge in [-0.3, -0.25) is 0 Å². The predicted molar refractivity (Wildman–Crippen MR) is 33.3 cm³/mol. The second-order valence-corrected chi connectivity index (χ2v) is 0.970. The summed E-state index contributed by atoms with van der Waals surface area (Å²) in [6.07, 6.45) is -0.373. The average molecular weight is 140 g/mol. The molecule has 0 radical (unpaired) electrons. The number of carbonyl (C=O) groups is 1. The molecule has 3 nitrogen and oxygen atoms in total. The fraction of sp³-hybridized carbons (Fsp3) is 0.750. The molecule has 0 heterocycles. The number of halogens is 1. The van der Waals surface area contributed by atoms with Crippen molar-refractivity contribution in [3.05, 3.63) is 0 Å². The molecule has 0 aromatic rings. The molecule has 0 fully saturated rings. The van der Waals surface area contributed by atoms with Gasteiger partial charge in [0.05, 0.1) is 6.61 Å². The molecule has 0 saturated carbocycles. The van der Waals surface area contributed by atoms with Crippen LogP contribution in [-0.2, 0) is 4.74 Å². The molecule has 0 aromatic heterocycles. The van der Waals surface area contributed by atoms with Crippen molar-refractivity contribution in [3.63, 3.8) is 0 Å². The number of alkyl carbamates (subject to hydrolysis) is 1. The minimum atomic E-state index is -0.373. The summed E-state index contributed by atoms with van der Waals surface area (Å²) in [6.45, 7) is 2.19. The van der Waals surface area contributed by atoms with Crippen molar-refractivity contribution in [3.8, 4) is 0 Å². The maximum Gasteiger partial charge on any atom is 0.406 e. The molecule has 0 aliphatic rings. The van der Waals surface area contributed by atoms with E-state index in [1.54, 1.807) is 6.92 Å². The average Bonchev–Trinajstić information content (AvgIpc) is 1.68. The van der Waals surface area contributed by atoms with Crippen molar-refractivity contribution in [2.24, 2.45) is 0 Å². The molecule has 0 unspecified atom stereocenters. The van der Waals surface area contributed by atoms with E-state index in [1.165, 1.54) is 7.05 Å². The summed E-state index contributed by atoms with van der Waals surface area (Å²) < 4.78 is 4.44. The Balaban J connectivity index is 0. The van der Waals surface area contributed by atoms with Gasteiger partial charge >= 0.3 is 6.09 Å². The maximum absolute atomic E-state index is 10.1. The van der Waals surface area contributed by atoms with E-state index in [2.05, 4.69) is 10.1 Å². The first-order valence-electron chi connectivity index (χ1n) is 2.15. The van der Waals surface area contributed by atoms with Gasteiger partial charge in [-0.05, 0) is 6.92 Å². The topological polar surface area (TPSA) is 38.3 Å². The number of ether oxygens (including phenoxy) is 1. The SMILES string of the molecule is CCOC(=O)NC.Cl. The van der Waals surface area contributed by atoms with Gasteiger partial charge in [0.2, 0.25) is 0 Å².